The third-order valence-corrected chi connectivity index (χ3v) is 6.71. The molecule has 1 aliphatic rings. The summed E-state index contributed by atoms with van der Waals surface area (Å²) >= 11 is 1.44. The molecule has 4 heterocycles. The minimum absolute atomic E-state index is 0.0416. The number of rotatable bonds is 3. The molecule has 2 aromatic carbocycles. The van der Waals surface area contributed by atoms with Crippen LogP contribution in [0.2, 0.25) is 0 Å². The Kier molecular flexibility index (Phi) is 4.04. The molecule has 0 saturated heterocycles. The number of aromatic nitrogens is 4. The quantitative estimate of drug-likeness (QED) is 0.420. The zero-order valence-electron chi connectivity index (χ0n) is 16.9. The van der Waals surface area contributed by atoms with Crippen molar-refractivity contribution < 1.29 is 4.79 Å². The molecule has 5 aromatic rings. The molecule has 0 N–H and O–H groups in total. The summed E-state index contributed by atoms with van der Waals surface area (Å²) in [5.74, 6) is 0.939. The lowest BCUT2D eigenvalue weighted by Gasteiger charge is -2.17. The average molecular weight is 426 g/mol. The molecule has 0 saturated carbocycles. The van der Waals surface area contributed by atoms with E-state index in [2.05, 4.69) is 28.6 Å². The lowest BCUT2D eigenvalue weighted by Crippen LogP contribution is -2.26. The predicted octanol–water partition coefficient (Wildman–Crippen LogP) is 4.74. The molecule has 6 nitrogen and oxygen atoms in total. The first-order chi connectivity index (χ1) is 15.2. The maximum atomic E-state index is 13.2. The number of amides is 1. The van der Waals surface area contributed by atoms with Crippen LogP contribution in [0.15, 0.2) is 73.1 Å². The fraction of sp³-hybridized carbons (Fsp3) is 0.125. The normalized spacial score (nSPS) is 13.1. The Morgan fingerprint density at radius 3 is 2.55 bits per heavy atom. The monoisotopic (exact) mass is 425 g/mol. The SMILES string of the molecule is Cc1ccccc1-n1nc2c(c1-n1cccc1)CN(C(=O)c1nc3ccccc3s1)C2. The van der Waals surface area contributed by atoms with Gasteiger partial charge in [-0.05, 0) is 42.8 Å². The first-order valence-corrected chi connectivity index (χ1v) is 11.0. The van der Waals surface area contributed by atoms with E-state index >= 15 is 0 Å². The van der Waals surface area contributed by atoms with Crippen molar-refractivity contribution in [3.8, 4) is 11.5 Å². The van der Waals surface area contributed by atoms with Crippen LogP contribution in [-0.4, -0.2) is 30.1 Å². The molecule has 7 heteroatoms. The smallest absolute Gasteiger partial charge is 0.283 e. The number of hydrogen-bond donors (Lipinski definition) is 0. The van der Waals surface area contributed by atoms with Crippen molar-refractivity contribution in [1.82, 2.24) is 24.2 Å². The van der Waals surface area contributed by atoms with Gasteiger partial charge in [-0.2, -0.15) is 5.10 Å². The lowest BCUT2D eigenvalue weighted by molar-refractivity contribution is 0.0749. The molecule has 31 heavy (non-hydrogen) atoms. The van der Waals surface area contributed by atoms with Gasteiger partial charge < -0.3 is 9.47 Å². The maximum Gasteiger partial charge on any atom is 0.283 e. The summed E-state index contributed by atoms with van der Waals surface area (Å²) in [6, 6.07) is 20.1. The minimum atomic E-state index is -0.0416. The number of hydrogen-bond acceptors (Lipinski definition) is 4. The summed E-state index contributed by atoms with van der Waals surface area (Å²) in [6.45, 7) is 3.09. The summed E-state index contributed by atoms with van der Waals surface area (Å²) in [5, 5.41) is 5.46. The molecular weight excluding hydrogens is 406 g/mol. The fourth-order valence-electron chi connectivity index (χ4n) is 4.15. The van der Waals surface area contributed by atoms with Gasteiger partial charge in [0.2, 0.25) is 0 Å². The van der Waals surface area contributed by atoms with E-state index in [9.17, 15) is 4.79 Å². The van der Waals surface area contributed by atoms with Crippen molar-refractivity contribution in [2.45, 2.75) is 20.0 Å². The molecule has 152 valence electrons. The van der Waals surface area contributed by atoms with Crippen LogP contribution >= 0.6 is 11.3 Å². The second-order valence-electron chi connectivity index (χ2n) is 7.69. The van der Waals surface area contributed by atoms with Gasteiger partial charge in [-0.25, -0.2) is 9.67 Å². The number of nitrogens with zero attached hydrogens (tertiary/aromatic N) is 5. The van der Waals surface area contributed by atoms with Crippen LogP contribution in [0.1, 0.15) is 26.6 Å². The van der Waals surface area contributed by atoms with Crippen LogP contribution in [0.5, 0.6) is 0 Å². The second kappa shape index (κ2) is 6.92. The van der Waals surface area contributed by atoms with Gasteiger partial charge in [-0.15, -0.1) is 11.3 Å². The third kappa shape index (κ3) is 2.89. The Hall–Kier alpha value is -3.71. The number of carbonyl (C=O) groups excluding carboxylic acids is 1. The second-order valence-corrected chi connectivity index (χ2v) is 8.72. The molecule has 3 aromatic heterocycles. The molecule has 0 radical (unpaired) electrons. The van der Waals surface area contributed by atoms with E-state index in [1.165, 1.54) is 11.3 Å². The highest BCUT2D eigenvalue weighted by Gasteiger charge is 2.33. The molecule has 0 fully saturated rings. The molecule has 0 spiro atoms. The molecule has 0 atom stereocenters. The summed E-state index contributed by atoms with van der Waals surface area (Å²) in [6.07, 6.45) is 4.04. The van der Waals surface area contributed by atoms with E-state index in [4.69, 9.17) is 5.10 Å². The van der Waals surface area contributed by atoms with Crippen molar-refractivity contribution in [3.05, 3.63) is 94.9 Å². The summed E-state index contributed by atoms with van der Waals surface area (Å²) in [7, 11) is 0. The van der Waals surface area contributed by atoms with E-state index in [1.807, 2.05) is 70.5 Å². The molecule has 0 unspecified atom stereocenters. The maximum absolute atomic E-state index is 13.2. The number of benzene rings is 2. The Bertz CT molecular complexity index is 1400. The molecule has 1 aliphatic heterocycles. The fourth-order valence-corrected chi connectivity index (χ4v) is 5.09. The van der Waals surface area contributed by atoms with Gasteiger partial charge >= 0.3 is 0 Å². The molecule has 1 amide bonds. The van der Waals surface area contributed by atoms with Gasteiger partial charge in [0, 0.05) is 18.0 Å². The van der Waals surface area contributed by atoms with E-state index in [1.54, 1.807) is 0 Å². The van der Waals surface area contributed by atoms with Crippen LogP contribution < -0.4 is 0 Å². The highest BCUT2D eigenvalue weighted by Crippen LogP contribution is 2.33. The first kappa shape index (κ1) is 18.1. The van der Waals surface area contributed by atoms with Crippen molar-refractivity contribution in [1.29, 1.82) is 0 Å². The third-order valence-electron chi connectivity index (χ3n) is 5.69. The van der Waals surface area contributed by atoms with Crippen molar-refractivity contribution in [2.75, 3.05) is 0 Å². The van der Waals surface area contributed by atoms with Crippen molar-refractivity contribution in [2.24, 2.45) is 0 Å². The largest absolute Gasteiger partial charge is 0.326 e. The number of thiazole rings is 1. The van der Waals surface area contributed by atoms with Crippen LogP contribution in [0, 0.1) is 6.92 Å². The molecule has 0 aliphatic carbocycles. The van der Waals surface area contributed by atoms with Crippen molar-refractivity contribution >= 4 is 27.5 Å². The zero-order valence-corrected chi connectivity index (χ0v) is 17.7. The number of carbonyl (C=O) groups is 1. The van der Waals surface area contributed by atoms with Gasteiger partial charge in [0.25, 0.3) is 5.91 Å². The summed E-state index contributed by atoms with van der Waals surface area (Å²) in [5.41, 5.74) is 5.07. The highest BCUT2D eigenvalue weighted by molar-refractivity contribution is 7.20. The van der Waals surface area contributed by atoms with Gasteiger partial charge in [-0.1, -0.05) is 30.3 Å². The number of fused-ring (bicyclic) bond motifs is 2. The predicted molar refractivity (Wildman–Crippen MR) is 121 cm³/mol. The Morgan fingerprint density at radius 2 is 1.74 bits per heavy atom. The van der Waals surface area contributed by atoms with Gasteiger partial charge in [0.05, 0.1) is 34.7 Å². The molecule has 0 bridgehead atoms. The topological polar surface area (TPSA) is 56.0 Å². The van der Waals surface area contributed by atoms with Gasteiger partial charge in [0.15, 0.2) is 5.01 Å². The van der Waals surface area contributed by atoms with Crippen LogP contribution in [0.3, 0.4) is 0 Å². The van der Waals surface area contributed by atoms with Crippen LogP contribution in [0.4, 0.5) is 0 Å². The number of para-hydroxylation sites is 2. The van der Waals surface area contributed by atoms with E-state index in [0.717, 1.165) is 38.5 Å². The minimum Gasteiger partial charge on any atom is -0.326 e. The summed E-state index contributed by atoms with van der Waals surface area (Å²) < 4.78 is 5.10. The Morgan fingerprint density at radius 1 is 0.968 bits per heavy atom. The Labute approximate surface area is 183 Å². The van der Waals surface area contributed by atoms with Crippen molar-refractivity contribution in [3.63, 3.8) is 0 Å². The van der Waals surface area contributed by atoms with Crippen LogP contribution in [0.25, 0.3) is 21.7 Å². The zero-order chi connectivity index (χ0) is 20.9. The standard InChI is InChI=1S/C24H19N5OS/c1-16-8-2-4-10-20(16)29-23(27-12-6-7-13-27)17-14-28(15-19(17)26-29)24(30)22-25-18-9-3-5-11-21(18)31-22/h2-13H,14-15H2,1H3. The molecule has 6 rings (SSSR count). The van der Waals surface area contributed by atoms with Crippen LogP contribution in [-0.2, 0) is 13.1 Å². The average Bonchev–Trinajstić information content (AvgIpc) is 3.55. The highest BCUT2D eigenvalue weighted by atomic mass is 32.1. The first-order valence-electron chi connectivity index (χ1n) is 10.1. The number of aryl methyl sites for hydroxylation is 1. The van der Waals surface area contributed by atoms with E-state index in [0.29, 0.717) is 18.1 Å². The van der Waals surface area contributed by atoms with Gasteiger partial charge in [0.1, 0.15) is 5.82 Å². The van der Waals surface area contributed by atoms with E-state index < -0.39 is 0 Å². The van der Waals surface area contributed by atoms with Gasteiger partial charge in [-0.3, -0.25) is 4.79 Å². The molecular formula is C24H19N5OS. The summed E-state index contributed by atoms with van der Waals surface area (Å²) in [4.78, 5) is 19.6. The van der Waals surface area contributed by atoms with E-state index in [-0.39, 0.29) is 5.91 Å². The lowest BCUT2D eigenvalue weighted by atomic mass is 10.2. The Balaban J connectivity index is 1.40.